The Labute approximate surface area is 64.9 Å². The first kappa shape index (κ1) is 9.90. The zero-order chi connectivity index (χ0) is 8.85. The van der Waals surface area contributed by atoms with E-state index < -0.39 is 12.0 Å². The average molecular weight is 160 g/mol. The summed E-state index contributed by atoms with van der Waals surface area (Å²) in [6, 6.07) is -0.629. The molecule has 0 rings (SSSR count). The summed E-state index contributed by atoms with van der Waals surface area (Å²) in [5.41, 5.74) is 5.00. The maximum atomic E-state index is 10.7. The van der Waals surface area contributed by atoms with Crippen LogP contribution in [0.4, 0.5) is 0 Å². The summed E-state index contributed by atoms with van der Waals surface area (Å²) in [6.07, 6.45) is 0. The highest BCUT2D eigenvalue weighted by atomic mass is 16.5. The van der Waals surface area contributed by atoms with Crippen molar-refractivity contribution in [1.82, 2.24) is 5.32 Å². The minimum Gasteiger partial charge on any atom is -0.467 e. The van der Waals surface area contributed by atoms with E-state index in [-0.39, 0.29) is 12.5 Å². The minimum absolute atomic E-state index is 0.124. The lowest BCUT2D eigenvalue weighted by molar-refractivity contribution is -0.144. The number of rotatable bonds is 3. The number of carbonyl (C=O) groups is 2. The van der Waals surface area contributed by atoms with Crippen molar-refractivity contribution in [3.8, 4) is 0 Å². The van der Waals surface area contributed by atoms with Crippen LogP contribution < -0.4 is 11.1 Å². The molecule has 0 spiro atoms. The monoisotopic (exact) mass is 160 g/mol. The average Bonchev–Trinajstić information content (AvgIpc) is 2.02. The molecule has 1 atom stereocenters. The third-order valence-corrected chi connectivity index (χ3v) is 1.12. The first-order valence-electron chi connectivity index (χ1n) is 3.19. The van der Waals surface area contributed by atoms with Gasteiger partial charge in [-0.2, -0.15) is 0 Å². The summed E-state index contributed by atoms with van der Waals surface area (Å²) in [6.45, 7) is 1.40. The van der Waals surface area contributed by atoms with Crippen LogP contribution in [0, 0.1) is 0 Å². The van der Waals surface area contributed by atoms with Gasteiger partial charge in [-0.1, -0.05) is 0 Å². The first-order valence-corrected chi connectivity index (χ1v) is 3.19. The highest BCUT2D eigenvalue weighted by Gasteiger charge is 2.13. The van der Waals surface area contributed by atoms with E-state index in [0.717, 1.165) is 0 Å². The third-order valence-electron chi connectivity index (χ3n) is 1.12. The van der Waals surface area contributed by atoms with Gasteiger partial charge in [-0.15, -0.1) is 0 Å². The highest BCUT2D eigenvalue weighted by molar-refractivity contribution is 5.84. The summed E-state index contributed by atoms with van der Waals surface area (Å²) in [7, 11) is 1.26. The van der Waals surface area contributed by atoms with E-state index in [9.17, 15) is 9.59 Å². The second-order valence-electron chi connectivity index (χ2n) is 2.02. The van der Waals surface area contributed by atoms with Crippen LogP contribution in [0.5, 0.6) is 0 Å². The Morgan fingerprint density at radius 1 is 1.64 bits per heavy atom. The molecule has 5 heteroatoms. The van der Waals surface area contributed by atoms with Gasteiger partial charge in [0.05, 0.1) is 13.7 Å². The zero-order valence-electron chi connectivity index (χ0n) is 6.59. The number of hydrogen-bond acceptors (Lipinski definition) is 4. The Hall–Kier alpha value is -1.10. The number of nitrogens with one attached hydrogen (secondary N) is 1. The summed E-state index contributed by atoms with van der Waals surface area (Å²) >= 11 is 0. The predicted octanol–water partition coefficient (Wildman–Crippen LogP) is -1.38. The van der Waals surface area contributed by atoms with E-state index in [4.69, 9.17) is 5.73 Å². The second-order valence-corrected chi connectivity index (χ2v) is 2.02. The lowest BCUT2D eigenvalue weighted by Crippen LogP contribution is -2.42. The van der Waals surface area contributed by atoms with Crippen LogP contribution in [0.25, 0.3) is 0 Å². The maximum Gasteiger partial charge on any atom is 0.328 e. The number of amides is 1. The zero-order valence-corrected chi connectivity index (χ0v) is 6.59. The Kier molecular flexibility index (Phi) is 4.21. The van der Waals surface area contributed by atoms with Crippen molar-refractivity contribution in [3.05, 3.63) is 0 Å². The summed E-state index contributed by atoms with van der Waals surface area (Å²) in [5, 5.41) is 2.34. The molecule has 0 aromatic rings. The fraction of sp³-hybridized carbons (Fsp3) is 0.667. The van der Waals surface area contributed by atoms with Gasteiger partial charge in [0.2, 0.25) is 5.91 Å². The number of nitrogens with two attached hydrogens (primary N) is 1. The summed E-state index contributed by atoms with van der Waals surface area (Å²) in [5.74, 6) is -0.852. The largest absolute Gasteiger partial charge is 0.467 e. The van der Waals surface area contributed by atoms with Crippen LogP contribution >= 0.6 is 0 Å². The number of esters is 1. The van der Waals surface area contributed by atoms with Gasteiger partial charge >= 0.3 is 5.97 Å². The van der Waals surface area contributed by atoms with Crippen LogP contribution in [0.3, 0.4) is 0 Å². The molecule has 0 saturated carbocycles. The predicted molar refractivity (Wildman–Crippen MR) is 38.7 cm³/mol. The molecular formula is C6H12N2O3. The molecule has 64 valence electrons. The summed E-state index contributed by atoms with van der Waals surface area (Å²) < 4.78 is 4.36. The molecule has 11 heavy (non-hydrogen) atoms. The van der Waals surface area contributed by atoms with Gasteiger partial charge in [-0.05, 0) is 6.92 Å². The Morgan fingerprint density at radius 3 is 2.55 bits per heavy atom. The Balaban J connectivity index is 3.77. The van der Waals surface area contributed by atoms with E-state index >= 15 is 0 Å². The maximum absolute atomic E-state index is 10.7. The molecule has 0 bridgehead atoms. The van der Waals surface area contributed by atoms with Gasteiger partial charge in [-0.25, -0.2) is 4.79 Å². The SMILES string of the molecule is COC(=O)C(C)NC(=O)CN. The topological polar surface area (TPSA) is 81.4 Å². The van der Waals surface area contributed by atoms with Gasteiger partial charge < -0.3 is 15.8 Å². The normalized spacial score (nSPS) is 11.9. The van der Waals surface area contributed by atoms with Gasteiger partial charge in [-0.3, -0.25) is 4.79 Å². The molecule has 0 aromatic carbocycles. The molecule has 0 radical (unpaired) electrons. The van der Waals surface area contributed by atoms with Crippen molar-refractivity contribution >= 4 is 11.9 Å². The second kappa shape index (κ2) is 4.68. The van der Waals surface area contributed by atoms with Crippen LogP contribution in [0.15, 0.2) is 0 Å². The summed E-state index contributed by atoms with van der Waals surface area (Å²) in [4.78, 5) is 21.3. The smallest absolute Gasteiger partial charge is 0.328 e. The lowest BCUT2D eigenvalue weighted by Gasteiger charge is -2.09. The van der Waals surface area contributed by atoms with E-state index in [1.807, 2.05) is 0 Å². The molecule has 0 fully saturated rings. The number of ether oxygens (including phenoxy) is 1. The van der Waals surface area contributed by atoms with Crippen molar-refractivity contribution in [1.29, 1.82) is 0 Å². The fourth-order valence-electron chi connectivity index (χ4n) is 0.536. The fourth-order valence-corrected chi connectivity index (χ4v) is 0.536. The van der Waals surface area contributed by atoms with Crippen LogP contribution in [-0.2, 0) is 14.3 Å². The van der Waals surface area contributed by atoms with Gasteiger partial charge in [0.25, 0.3) is 0 Å². The third kappa shape index (κ3) is 3.57. The van der Waals surface area contributed by atoms with Crippen LogP contribution in [-0.4, -0.2) is 31.6 Å². The standard InChI is InChI=1S/C6H12N2O3/c1-4(6(10)11-2)8-5(9)3-7/h4H,3,7H2,1-2H3,(H,8,9). The molecule has 0 aliphatic carbocycles. The quantitative estimate of drug-likeness (QED) is 0.499. The van der Waals surface area contributed by atoms with E-state index in [0.29, 0.717) is 0 Å². The van der Waals surface area contributed by atoms with Crippen LogP contribution in [0.2, 0.25) is 0 Å². The van der Waals surface area contributed by atoms with Crippen molar-refractivity contribution in [2.75, 3.05) is 13.7 Å². The van der Waals surface area contributed by atoms with E-state index in [2.05, 4.69) is 10.1 Å². The Bertz CT molecular complexity index is 158. The minimum atomic E-state index is -0.629. The number of carbonyl (C=O) groups excluding carboxylic acids is 2. The molecular weight excluding hydrogens is 148 g/mol. The first-order chi connectivity index (χ1) is 5.11. The molecule has 3 N–H and O–H groups in total. The van der Waals surface area contributed by atoms with Crippen molar-refractivity contribution in [3.63, 3.8) is 0 Å². The molecule has 1 amide bonds. The van der Waals surface area contributed by atoms with Crippen molar-refractivity contribution in [2.45, 2.75) is 13.0 Å². The van der Waals surface area contributed by atoms with Gasteiger partial charge in [0.15, 0.2) is 0 Å². The van der Waals surface area contributed by atoms with E-state index in [1.165, 1.54) is 14.0 Å². The molecule has 1 unspecified atom stereocenters. The van der Waals surface area contributed by atoms with Crippen molar-refractivity contribution < 1.29 is 14.3 Å². The van der Waals surface area contributed by atoms with Gasteiger partial charge in [0, 0.05) is 0 Å². The van der Waals surface area contributed by atoms with Crippen LogP contribution in [0.1, 0.15) is 6.92 Å². The lowest BCUT2D eigenvalue weighted by atomic mass is 10.3. The van der Waals surface area contributed by atoms with Gasteiger partial charge in [0.1, 0.15) is 6.04 Å². The molecule has 0 heterocycles. The molecule has 0 aliphatic rings. The number of hydrogen-bond donors (Lipinski definition) is 2. The van der Waals surface area contributed by atoms with E-state index in [1.54, 1.807) is 0 Å². The molecule has 0 saturated heterocycles. The molecule has 5 nitrogen and oxygen atoms in total. The highest BCUT2D eigenvalue weighted by Crippen LogP contribution is 1.84. The Morgan fingerprint density at radius 2 is 2.18 bits per heavy atom. The molecule has 0 aromatic heterocycles. The number of methoxy groups -OCH3 is 1. The van der Waals surface area contributed by atoms with Crippen molar-refractivity contribution in [2.24, 2.45) is 5.73 Å². The molecule has 0 aliphatic heterocycles.